The van der Waals surface area contributed by atoms with Crippen LogP contribution in [-0.4, -0.2) is 45.8 Å². The van der Waals surface area contributed by atoms with E-state index in [-0.39, 0.29) is 41.0 Å². The van der Waals surface area contributed by atoms with Crippen LogP contribution < -0.4 is 15.4 Å². The Bertz CT molecular complexity index is 664. The summed E-state index contributed by atoms with van der Waals surface area (Å²) in [5.74, 6) is -0.433. The minimum Gasteiger partial charge on any atom is -0.497 e. The Hall–Kier alpha value is -1.31. The van der Waals surface area contributed by atoms with Gasteiger partial charge in [0.25, 0.3) is 0 Å². The first-order chi connectivity index (χ1) is 11.3. The largest absolute Gasteiger partial charge is 0.497 e. The fourth-order valence-corrected chi connectivity index (χ4v) is 4.40. The van der Waals surface area contributed by atoms with Gasteiger partial charge in [-0.15, -0.1) is 12.4 Å². The molecule has 2 rings (SSSR count). The molecular weight excluding hydrogens is 364 g/mol. The van der Waals surface area contributed by atoms with Gasteiger partial charge in [-0.1, -0.05) is 6.92 Å². The molecule has 25 heavy (non-hydrogen) atoms. The zero-order valence-electron chi connectivity index (χ0n) is 14.8. The van der Waals surface area contributed by atoms with Crippen molar-refractivity contribution in [3.8, 4) is 5.75 Å². The highest BCUT2D eigenvalue weighted by atomic mass is 35.5. The predicted molar refractivity (Wildman–Crippen MR) is 100 cm³/mol. The van der Waals surface area contributed by atoms with Crippen molar-refractivity contribution < 1.29 is 17.9 Å². The standard InChI is InChI=1S/C17H26N2O4S.ClH/c1-12(17(20)19-16-5-4-10-18-13(16)2)11-24(21,22)15-8-6-14(23-3)7-9-15;/h6-9,12-13,16,18H,4-5,10-11H2,1-3H3,(H,19,20);1H. The number of carbonyl (C=O) groups is 1. The molecule has 3 unspecified atom stereocenters. The van der Waals surface area contributed by atoms with Gasteiger partial charge in [-0.25, -0.2) is 8.42 Å². The van der Waals surface area contributed by atoms with Crippen LogP contribution >= 0.6 is 12.4 Å². The SMILES string of the molecule is COc1ccc(S(=O)(=O)CC(C)C(=O)NC2CCCNC2C)cc1.Cl. The van der Waals surface area contributed by atoms with Crippen molar-refractivity contribution in [1.82, 2.24) is 10.6 Å². The second kappa shape index (κ2) is 9.40. The number of ether oxygens (including phenoxy) is 1. The van der Waals surface area contributed by atoms with E-state index < -0.39 is 15.8 Å². The normalized spacial score (nSPS) is 21.7. The molecule has 1 heterocycles. The number of sulfone groups is 1. The molecule has 1 aliphatic heterocycles. The van der Waals surface area contributed by atoms with Crippen LogP contribution in [0.5, 0.6) is 5.75 Å². The molecule has 2 N–H and O–H groups in total. The number of halogens is 1. The van der Waals surface area contributed by atoms with Gasteiger partial charge in [-0.2, -0.15) is 0 Å². The second-order valence-corrected chi connectivity index (χ2v) is 8.39. The lowest BCUT2D eigenvalue weighted by molar-refractivity contribution is -0.125. The third kappa shape index (κ3) is 5.87. The third-order valence-electron chi connectivity index (χ3n) is 4.42. The number of nitrogens with one attached hydrogen (secondary N) is 2. The number of carbonyl (C=O) groups excluding carboxylic acids is 1. The molecular formula is C17H27ClN2O4S. The Balaban J connectivity index is 0.00000312. The number of hydrogen-bond acceptors (Lipinski definition) is 5. The van der Waals surface area contributed by atoms with Gasteiger partial charge in [0, 0.05) is 18.0 Å². The summed E-state index contributed by atoms with van der Waals surface area (Å²) in [6.07, 6.45) is 1.92. The van der Waals surface area contributed by atoms with E-state index in [1.165, 1.54) is 19.2 Å². The molecule has 0 aliphatic carbocycles. The molecule has 8 heteroatoms. The number of amides is 1. The van der Waals surface area contributed by atoms with Gasteiger partial charge in [0.1, 0.15) is 5.75 Å². The van der Waals surface area contributed by atoms with Crippen molar-refractivity contribution in [3.63, 3.8) is 0 Å². The van der Waals surface area contributed by atoms with Crippen LogP contribution in [0.3, 0.4) is 0 Å². The molecule has 0 aromatic heterocycles. The fourth-order valence-electron chi connectivity index (χ4n) is 2.85. The monoisotopic (exact) mass is 390 g/mol. The Kier molecular flexibility index (Phi) is 8.18. The first-order valence-electron chi connectivity index (χ1n) is 8.24. The lowest BCUT2D eigenvalue weighted by Crippen LogP contribution is -2.53. The van der Waals surface area contributed by atoms with Gasteiger partial charge in [-0.05, 0) is 50.6 Å². The van der Waals surface area contributed by atoms with Crippen LogP contribution in [-0.2, 0) is 14.6 Å². The van der Waals surface area contributed by atoms with Gasteiger partial charge < -0.3 is 15.4 Å². The molecule has 6 nitrogen and oxygen atoms in total. The van der Waals surface area contributed by atoms with Crippen molar-refractivity contribution >= 4 is 28.2 Å². The zero-order chi connectivity index (χ0) is 17.7. The summed E-state index contributed by atoms with van der Waals surface area (Å²) in [5, 5.41) is 6.29. The molecule has 142 valence electrons. The molecule has 0 radical (unpaired) electrons. The van der Waals surface area contributed by atoms with Gasteiger partial charge in [0.05, 0.1) is 17.8 Å². The first kappa shape index (κ1) is 21.7. The molecule has 1 aromatic carbocycles. The maximum absolute atomic E-state index is 12.5. The van der Waals surface area contributed by atoms with E-state index in [0.29, 0.717) is 5.75 Å². The summed E-state index contributed by atoms with van der Waals surface area (Å²) < 4.78 is 30.0. The van der Waals surface area contributed by atoms with E-state index in [1.54, 1.807) is 19.1 Å². The fraction of sp³-hybridized carbons (Fsp3) is 0.588. The zero-order valence-corrected chi connectivity index (χ0v) is 16.5. The Labute approximate surface area is 156 Å². The Morgan fingerprint density at radius 3 is 2.56 bits per heavy atom. The van der Waals surface area contributed by atoms with Gasteiger partial charge >= 0.3 is 0 Å². The van der Waals surface area contributed by atoms with Crippen LogP contribution in [0, 0.1) is 5.92 Å². The summed E-state index contributed by atoms with van der Waals surface area (Å²) in [5.41, 5.74) is 0. The van der Waals surface area contributed by atoms with E-state index in [1.807, 2.05) is 6.92 Å². The predicted octanol–water partition coefficient (Wildman–Crippen LogP) is 1.78. The van der Waals surface area contributed by atoms with Crippen LogP contribution in [0.25, 0.3) is 0 Å². The van der Waals surface area contributed by atoms with Crippen molar-refractivity contribution in [2.24, 2.45) is 5.92 Å². The molecule has 1 aliphatic rings. The molecule has 1 fully saturated rings. The van der Waals surface area contributed by atoms with E-state index in [4.69, 9.17) is 4.74 Å². The van der Waals surface area contributed by atoms with Crippen molar-refractivity contribution in [2.75, 3.05) is 19.4 Å². The highest BCUT2D eigenvalue weighted by Crippen LogP contribution is 2.19. The van der Waals surface area contributed by atoms with E-state index in [2.05, 4.69) is 10.6 Å². The van der Waals surface area contributed by atoms with Crippen molar-refractivity contribution in [3.05, 3.63) is 24.3 Å². The van der Waals surface area contributed by atoms with Gasteiger partial charge in [0.15, 0.2) is 9.84 Å². The lowest BCUT2D eigenvalue weighted by atomic mass is 9.99. The molecule has 0 saturated carbocycles. The summed E-state index contributed by atoms with van der Waals surface area (Å²) in [4.78, 5) is 12.5. The van der Waals surface area contributed by atoms with Crippen LogP contribution in [0.4, 0.5) is 0 Å². The summed E-state index contributed by atoms with van der Waals surface area (Å²) in [6, 6.07) is 6.48. The molecule has 3 atom stereocenters. The molecule has 1 amide bonds. The van der Waals surface area contributed by atoms with E-state index in [0.717, 1.165) is 19.4 Å². The summed E-state index contributed by atoms with van der Waals surface area (Å²) >= 11 is 0. The smallest absolute Gasteiger partial charge is 0.224 e. The Morgan fingerprint density at radius 2 is 2.00 bits per heavy atom. The highest BCUT2D eigenvalue weighted by molar-refractivity contribution is 7.91. The maximum atomic E-state index is 12.5. The minimum absolute atomic E-state index is 0. The molecule has 1 saturated heterocycles. The molecule has 1 aromatic rings. The topological polar surface area (TPSA) is 84.5 Å². The van der Waals surface area contributed by atoms with E-state index in [9.17, 15) is 13.2 Å². The van der Waals surface area contributed by atoms with Crippen LogP contribution in [0.1, 0.15) is 26.7 Å². The quantitative estimate of drug-likeness (QED) is 0.773. The number of rotatable bonds is 6. The molecule has 0 bridgehead atoms. The Morgan fingerprint density at radius 1 is 1.36 bits per heavy atom. The maximum Gasteiger partial charge on any atom is 0.224 e. The van der Waals surface area contributed by atoms with Crippen molar-refractivity contribution in [1.29, 1.82) is 0 Å². The van der Waals surface area contributed by atoms with Gasteiger partial charge in [0.2, 0.25) is 5.91 Å². The van der Waals surface area contributed by atoms with E-state index >= 15 is 0 Å². The van der Waals surface area contributed by atoms with Crippen LogP contribution in [0.2, 0.25) is 0 Å². The number of benzene rings is 1. The van der Waals surface area contributed by atoms with Gasteiger partial charge in [-0.3, -0.25) is 4.79 Å². The average Bonchev–Trinajstić information content (AvgIpc) is 2.56. The first-order valence-corrected chi connectivity index (χ1v) is 9.89. The summed E-state index contributed by atoms with van der Waals surface area (Å²) in [6.45, 7) is 4.63. The molecule has 0 spiro atoms. The summed E-state index contributed by atoms with van der Waals surface area (Å²) in [7, 11) is -1.99. The number of piperidine rings is 1. The highest BCUT2D eigenvalue weighted by Gasteiger charge is 2.27. The second-order valence-electron chi connectivity index (χ2n) is 6.36. The lowest BCUT2D eigenvalue weighted by Gasteiger charge is -2.31. The number of methoxy groups -OCH3 is 1. The average molecular weight is 391 g/mol. The van der Waals surface area contributed by atoms with Crippen molar-refractivity contribution in [2.45, 2.75) is 43.7 Å². The number of hydrogen-bond donors (Lipinski definition) is 2. The van der Waals surface area contributed by atoms with Crippen LogP contribution in [0.15, 0.2) is 29.2 Å². The third-order valence-corrected chi connectivity index (χ3v) is 6.35. The minimum atomic E-state index is -3.52.